The van der Waals surface area contributed by atoms with Crippen molar-refractivity contribution in [2.45, 2.75) is 12.6 Å². The van der Waals surface area contributed by atoms with Gasteiger partial charge in [0.1, 0.15) is 12.0 Å². The molecule has 0 amide bonds. The van der Waals surface area contributed by atoms with E-state index in [1.807, 2.05) is 11.0 Å². The van der Waals surface area contributed by atoms with Gasteiger partial charge in [-0.15, -0.1) is 11.3 Å². The van der Waals surface area contributed by atoms with Gasteiger partial charge in [-0.25, -0.2) is 9.97 Å². The fourth-order valence-electron chi connectivity index (χ4n) is 4.61. The second kappa shape index (κ2) is 10.3. The summed E-state index contributed by atoms with van der Waals surface area (Å²) in [6.07, 6.45) is 0.982. The van der Waals surface area contributed by atoms with Crippen LogP contribution in [-0.2, 0) is 16.1 Å². The summed E-state index contributed by atoms with van der Waals surface area (Å²) in [5.74, 6) is 1.68. The molecule has 1 unspecified atom stereocenters. The molecule has 180 valence electrons. The number of nitrogens with zero attached hydrogens (tertiary/aromatic N) is 5. The van der Waals surface area contributed by atoms with Gasteiger partial charge < -0.3 is 24.6 Å². The van der Waals surface area contributed by atoms with Gasteiger partial charge in [-0.1, -0.05) is 12.1 Å². The minimum atomic E-state index is -0.198. The SMILES string of the molecule is O=CC1CN(Cc2cc3nc(-c4cccc(O)c4)nc(N4CCOCC4)c3s2)CCN1CCO. The molecule has 2 N–H and O–H groups in total. The van der Waals surface area contributed by atoms with E-state index in [-0.39, 0.29) is 18.4 Å². The van der Waals surface area contributed by atoms with Crippen LogP contribution in [0.4, 0.5) is 5.82 Å². The van der Waals surface area contributed by atoms with Crippen LogP contribution < -0.4 is 4.90 Å². The number of aliphatic hydroxyl groups excluding tert-OH is 1. The average Bonchev–Trinajstić information content (AvgIpc) is 3.27. The summed E-state index contributed by atoms with van der Waals surface area (Å²) in [5, 5.41) is 19.2. The maximum atomic E-state index is 11.6. The number of piperazine rings is 1. The van der Waals surface area contributed by atoms with E-state index in [0.29, 0.717) is 32.1 Å². The molecule has 0 bridgehead atoms. The summed E-state index contributed by atoms with van der Waals surface area (Å²) < 4.78 is 6.59. The van der Waals surface area contributed by atoms with Gasteiger partial charge in [0.05, 0.1) is 36.1 Å². The topological polar surface area (TPSA) is 102 Å². The number of aromatic hydroxyl groups is 1. The van der Waals surface area contributed by atoms with Crippen LogP contribution in [0.1, 0.15) is 4.88 Å². The summed E-state index contributed by atoms with van der Waals surface area (Å²) in [5.41, 5.74) is 1.67. The lowest BCUT2D eigenvalue weighted by atomic mass is 10.2. The molecule has 0 saturated carbocycles. The Hall–Kier alpha value is -2.63. The van der Waals surface area contributed by atoms with Crippen LogP contribution in [0.3, 0.4) is 0 Å². The van der Waals surface area contributed by atoms with Gasteiger partial charge in [0, 0.05) is 56.3 Å². The highest BCUT2D eigenvalue weighted by molar-refractivity contribution is 7.19. The highest BCUT2D eigenvalue weighted by Gasteiger charge is 2.27. The first-order valence-corrected chi connectivity index (χ1v) is 12.4. The van der Waals surface area contributed by atoms with Crippen molar-refractivity contribution >= 4 is 33.7 Å². The van der Waals surface area contributed by atoms with Crippen molar-refractivity contribution in [1.82, 2.24) is 19.8 Å². The van der Waals surface area contributed by atoms with Gasteiger partial charge in [0.25, 0.3) is 0 Å². The van der Waals surface area contributed by atoms with E-state index in [0.717, 1.165) is 60.6 Å². The zero-order valence-corrected chi connectivity index (χ0v) is 19.8. The number of hydrogen-bond donors (Lipinski definition) is 2. The van der Waals surface area contributed by atoms with Crippen molar-refractivity contribution in [3.63, 3.8) is 0 Å². The summed E-state index contributed by atoms with van der Waals surface area (Å²) in [7, 11) is 0. The van der Waals surface area contributed by atoms with E-state index in [4.69, 9.17) is 14.7 Å². The van der Waals surface area contributed by atoms with E-state index < -0.39 is 0 Å². The number of hydrogen-bond acceptors (Lipinski definition) is 10. The highest BCUT2D eigenvalue weighted by atomic mass is 32.1. The maximum absolute atomic E-state index is 11.6. The standard InChI is InChI=1S/C24H29N5O4S/c30-9-6-28-5-4-27(14-18(28)16-31)15-20-13-21-22(34-20)24(29-7-10-33-11-8-29)26-23(25-21)17-2-1-3-19(32)12-17/h1-3,12-13,16,18,30,32H,4-11,14-15H2. The van der Waals surface area contributed by atoms with E-state index in [2.05, 4.69) is 15.9 Å². The van der Waals surface area contributed by atoms with Crippen molar-refractivity contribution in [3.8, 4) is 17.1 Å². The monoisotopic (exact) mass is 483 g/mol. The Labute approximate surface area is 202 Å². The molecule has 0 radical (unpaired) electrons. The Morgan fingerprint density at radius 3 is 2.76 bits per heavy atom. The molecule has 3 aromatic rings. The molecule has 1 aromatic carbocycles. The van der Waals surface area contributed by atoms with Crippen LogP contribution in [-0.4, -0.2) is 101 Å². The summed E-state index contributed by atoms with van der Waals surface area (Å²) in [6.45, 7) is 6.44. The first kappa shape index (κ1) is 23.1. The summed E-state index contributed by atoms with van der Waals surface area (Å²) >= 11 is 1.70. The summed E-state index contributed by atoms with van der Waals surface area (Å²) in [6, 6.07) is 8.95. The Kier molecular flexibility index (Phi) is 7.02. The van der Waals surface area contributed by atoms with Crippen molar-refractivity contribution in [2.24, 2.45) is 0 Å². The fourth-order valence-corrected chi connectivity index (χ4v) is 5.77. The molecular formula is C24H29N5O4S. The number of phenols is 1. The molecule has 10 heteroatoms. The smallest absolute Gasteiger partial charge is 0.162 e. The molecule has 2 aliphatic heterocycles. The van der Waals surface area contributed by atoms with Crippen molar-refractivity contribution in [1.29, 1.82) is 0 Å². The Morgan fingerprint density at radius 2 is 2.00 bits per heavy atom. The second-order valence-electron chi connectivity index (χ2n) is 8.65. The molecule has 34 heavy (non-hydrogen) atoms. The molecule has 9 nitrogen and oxygen atoms in total. The zero-order valence-electron chi connectivity index (χ0n) is 19.0. The first-order valence-electron chi connectivity index (χ1n) is 11.6. The van der Waals surface area contributed by atoms with Crippen LogP contribution >= 0.6 is 11.3 Å². The number of benzene rings is 1. The van der Waals surface area contributed by atoms with Crippen LogP contribution in [0.5, 0.6) is 5.75 Å². The Bertz CT molecular complexity index is 1150. The summed E-state index contributed by atoms with van der Waals surface area (Å²) in [4.78, 5) is 29.1. The van der Waals surface area contributed by atoms with Gasteiger partial charge in [-0.3, -0.25) is 9.80 Å². The molecule has 4 heterocycles. The van der Waals surface area contributed by atoms with Crippen LogP contribution in [0.2, 0.25) is 0 Å². The molecule has 2 saturated heterocycles. The number of ether oxygens (including phenoxy) is 1. The molecule has 1 atom stereocenters. The highest BCUT2D eigenvalue weighted by Crippen LogP contribution is 2.35. The minimum absolute atomic E-state index is 0.0607. The number of carbonyl (C=O) groups is 1. The lowest BCUT2D eigenvalue weighted by Crippen LogP contribution is -2.54. The largest absolute Gasteiger partial charge is 0.508 e. The third-order valence-electron chi connectivity index (χ3n) is 6.36. The molecule has 2 aromatic heterocycles. The number of rotatable bonds is 7. The quantitative estimate of drug-likeness (QED) is 0.485. The number of fused-ring (bicyclic) bond motifs is 1. The predicted molar refractivity (Wildman–Crippen MR) is 131 cm³/mol. The van der Waals surface area contributed by atoms with Gasteiger partial charge in [0.2, 0.25) is 0 Å². The number of aromatic nitrogens is 2. The van der Waals surface area contributed by atoms with Crippen molar-refractivity contribution in [2.75, 3.05) is 64.0 Å². The number of phenolic OH excluding ortho intramolecular Hbond substituents is 1. The van der Waals surface area contributed by atoms with Crippen molar-refractivity contribution < 1.29 is 19.7 Å². The molecule has 0 spiro atoms. The maximum Gasteiger partial charge on any atom is 0.162 e. The van der Waals surface area contributed by atoms with Crippen molar-refractivity contribution in [3.05, 3.63) is 35.2 Å². The number of β-amino-alcohol motifs (C(OH)–C–C–N with tert-alkyl or cyclic N) is 1. The second-order valence-corrected chi connectivity index (χ2v) is 9.78. The van der Waals surface area contributed by atoms with E-state index in [1.165, 1.54) is 4.88 Å². The number of aldehydes is 1. The van der Waals surface area contributed by atoms with E-state index in [9.17, 15) is 15.0 Å². The third kappa shape index (κ3) is 4.91. The molecule has 2 fully saturated rings. The number of carbonyl (C=O) groups excluding carboxylic acids is 1. The average molecular weight is 484 g/mol. The Morgan fingerprint density at radius 1 is 1.15 bits per heavy atom. The van der Waals surface area contributed by atoms with Gasteiger partial charge in [0.15, 0.2) is 11.6 Å². The number of thiophene rings is 1. The number of anilines is 1. The Balaban J connectivity index is 1.46. The van der Waals surface area contributed by atoms with Crippen LogP contribution in [0.15, 0.2) is 30.3 Å². The van der Waals surface area contributed by atoms with Gasteiger partial charge >= 0.3 is 0 Å². The van der Waals surface area contributed by atoms with E-state index >= 15 is 0 Å². The van der Waals surface area contributed by atoms with Gasteiger partial charge in [-0.05, 0) is 18.2 Å². The number of morpholine rings is 1. The molecule has 2 aliphatic rings. The third-order valence-corrected chi connectivity index (χ3v) is 7.47. The molecule has 5 rings (SSSR count). The minimum Gasteiger partial charge on any atom is -0.508 e. The normalized spacial score (nSPS) is 20.1. The predicted octanol–water partition coefficient (Wildman–Crippen LogP) is 1.58. The van der Waals surface area contributed by atoms with E-state index in [1.54, 1.807) is 29.5 Å². The lowest BCUT2D eigenvalue weighted by Gasteiger charge is -2.38. The zero-order chi connectivity index (χ0) is 23.5. The number of aliphatic hydroxyl groups is 1. The lowest BCUT2D eigenvalue weighted by molar-refractivity contribution is -0.115. The van der Waals surface area contributed by atoms with Crippen LogP contribution in [0, 0.1) is 0 Å². The van der Waals surface area contributed by atoms with Gasteiger partial charge in [-0.2, -0.15) is 0 Å². The fraction of sp³-hybridized carbons (Fsp3) is 0.458. The first-order chi connectivity index (χ1) is 16.6. The molecule has 0 aliphatic carbocycles. The molecular weight excluding hydrogens is 454 g/mol. The van der Waals surface area contributed by atoms with Crippen LogP contribution in [0.25, 0.3) is 21.6 Å².